The molecule has 0 aromatic heterocycles. The van der Waals surface area contributed by atoms with Crippen LogP contribution in [-0.2, 0) is 0 Å². The lowest BCUT2D eigenvalue weighted by Crippen LogP contribution is -2.35. The van der Waals surface area contributed by atoms with Gasteiger partial charge in [-0.1, -0.05) is 24.4 Å². The Balaban J connectivity index is 1.78. The van der Waals surface area contributed by atoms with Crippen LogP contribution in [0.5, 0.6) is 0 Å². The number of carbonyl (C=O) groups is 1. The molecule has 1 aromatic rings. The highest BCUT2D eigenvalue weighted by Gasteiger charge is 2.10. The van der Waals surface area contributed by atoms with Crippen molar-refractivity contribution in [1.82, 2.24) is 10.2 Å². The van der Waals surface area contributed by atoms with Crippen molar-refractivity contribution >= 4 is 33.4 Å². The summed E-state index contributed by atoms with van der Waals surface area (Å²) >= 11 is 9.26. The van der Waals surface area contributed by atoms with Crippen LogP contribution in [0.25, 0.3) is 0 Å². The maximum absolute atomic E-state index is 12.0. The molecule has 1 saturated heterocycles. The van der Waals surface area contributed by atoms with Crippen LogP contribution < -0.4 is 5.32 Å². The molecule has 1 aromatic carbocycles. The zero-order valence-electron chi connectivity index (χ0n) is 11.5. The first-order chi connectivity index (χ1) is 9.66. The summed E-state index contributed by atoms with van der Waals surface area (Å²) in [5, 5.41) is 3.59. The van der Waals surface area contributed by atoms with Gasteiger partial charge >= 0.3 is 0 Å². The van der Waals surface area contributed by atoms with Crippen molar-refractivity contribution in [2.75, 3.05) is 26.2 Å². The molecule has 0 radical (unpaired) electrons. The van der Waals surface area contributed by atoms with E-state index in [1.54, 1.807) is 18.2 Å². The monoisotopic (exact) mass is 358 g/mol. The second-order valence-electron chi connectivity index (χ2n) is 5.14. The molecule has 110 valence electrons. The smallest absolute Gasteiger partial charge is 0.251 e. The van der Waals surface area contributed by atoms with E-state index >= 15 is 0 Å². The lowest BCUT2D eigenvalue weighted by Gasteiger charge is -2.19. The summed E-state index contributed by atoms with van der Waals surface area (Å²) in [4.78, 5) is 14.5. The minimum absolute atomic E-state index is 0.0443. The fraction of sp³-hybridized carbons (Fsp3) is 0.533. The molecule has 1 aliphatic rings. The van der Waals surface area contributed by atoms with Crippen molar-refractivity contribution < 1.29 is 4.79 Å². The topological polar surface area (TPSA) is 32.3 Å². The highest BCUT2D eigenvalue weighted by Crippen LogP contribution is 2.23. The number of nitrogens with one attached hydrogen (secondary N) is 1. The maximum atomic E-state index is 12.0. The quantitative estimate of drug-likeness (QED) is 0.889. The Labute approximate surface area is 133 Å². The summed E-state index contributed by atoms with van der Waals surface area (Å²) in [5.74, 6) is -0.0443. The van der Waals surface area contributed by atoms with Crippen LogP contribution in [0.15, 0.2) is 22.7 Å². The molecule has 20 heavy (non-hydrogen) atoms. The second-order valence-corrected chi connectivity index (χ2v) is 6.40. The van der Waals surface area contributed by atoms with Crippen LogP contribution in [0.3, 0.4) is 0 Å². The van der Waals surface area contributed by atoms with Crippen LogP contribution in [0.2, 0.25) is 5.02 Å². The second kappa shape index (κ2) is 8.01. The van der Waals surface area contributed by atoms with Gasteiger partial charge < -0.3 is 10.2 Å². The molecule has 3 nitrogen and oxygen atoms in total. The number of carbonyl (C=O) groups excluding carboxylic acids is 1. The molecule has 0 unspecified atom stereocenters. The summed E-state index contributed by atoms with van der Waals surface area (Å²) in [5.41, 5.74) is 0.636. The molecule has 0 bridgehead atoms. The Bertz CT molecular complexity index is 459. The molecule has 0 spiro atoms. The summed E-state index contributed by atoms with van der Waals surface area (Å²) in [7, 11) is 0. The first kappa shape index (κ1) is 15.8. The fourth-order valence-electron chi connectivity index (χ4n) is 2.43. The predicted molar refractivity (Wildman–Crippen MR) is 86.4 cm³/mol. The van der Waals surface area contributed by atoms with Gasteiger partial charge in [-0.15, -0.1) is 0 Å². The highest BCUT2D eigenvalue weighted by atomic mass is 79.9. The number of halogens is 2. The Kier molecular flexibility index (Phi) is 6.33. The van der Waals surface area contributed by atoms with E-state index < -0.39 is 0 Å². The number of hydrogen-bond acceptors (Lipinski definition) is 2. The van der Waals surface area contributed by atoms with Crippen molar-refractivity contribution in [1.29, 1.82) is 0 Å². The first-order valence-corrected chi connectivity index (χ1v) is 8.29. The minimum Gasteiger partial charge on any atom is -0.351 e. The Morgan fingerprint density at radius 2 is 1.95 bits per heavy atom. The molecule has 1 N–H and O–H groups in total. The van der Waals surface area contributed by atoms with E-state index in [-0.39, 0.29) is 5.91 Å². The van der Waals surface area contributed by atoms with Crippen LogP contribution in [-0.4, -0.2) is 37.0 Å². The van der Waals surface area contributed by atoms with Crippen LogP contribution >= 0.6 is 27.5 Å². The van der Waals surface area contributed by atoms with E-state index in [1.165, 1.54) is 25.7 Å². The average Bonchev–Trinajstić information content (AvgIpc) is 2.70. The number of rotatable bonds is 4. The third kappa shape index (κ3) is 4.76. The van der Waals surface area contributed by atoms with Gasteiger partial charge in [-0.05, 0) is 60.1 Å². The largest absolute Gasteiger partial charge is 0.351 e. The van der Waals surface area contributed by atoms with Gasteiger partial charge in [0.1, 0.15) is 0 Å². The maximum Gasteiger partial charge on any atom is 0.251 e. The molecule has 1 aliphatic heterocycles. The number of benzene rings is 1. The van der Waals surface area contributed by atoms with Crippen LogP contribution in [0, 0.1) is 0 Å². The fourth-order valence-corrected chi connectivity index (χ4v) is 2.92. The normalized spacial score (nSPS) is 16.7. The number of nitrogens with zero attached hydrogens (tertiary/aromatic N) is 1. The summed E-state index contributed by atoms with van der Waals surface area (Å²) < 4.78 is 0.749. The van der Waals surface area contributed by atoms with Gasteiger partial charge in [0.05, 0.1) is 5.02 Å². The number of amides is 1. The van der Waals surface area contributed by atoms with E-state index in [2.05, 4.69) is 26.1 Å². The van der Waals surface area contributed by atoms with Gasteiger partial charge in [-0.3, -0.25) is 4.79 Å². The van der Waals surface area contributed by atoms with E-state index in [9.17, 15) is 4.79 Å². The molecule has 5 heteroatoms. The number of likely N-dealkylation sites (tertiary alicyclic amines) is 1. The predicted octanol–water partition coefficient (Wildman–Crippen LogP) is 3.71. The highest BCUT2D eigenvalue weighted by molar-refractivity contribution is 9.10. The van der Waals surface area contributed by atoms with E-state index in [1.807, 2.05) is 0 Å². The summed E-state index contributed by atoms with van der Waals surface area (Å²) in [6, 6.07) is 5.23. The van der Waals surface area contributed by atoms with Crippen molar-refractivity contribution in [3.05, 3.63) is 33.3 Å². The molecule has 0 atom stereocenters. The van der Waals surface area contributed by atoms with E-state index in [0.717, 1.165) is 24.1 Å². The van der Waals surface area contributed by atoms with E-state index in [0.29, 0.717) is 17.1 Å². The van der Waals surface area contributed by atoms with Crippen LogP contribution in [0.4, 0.5) is 0 Å². The van der Waals surface area contributed by atoms with Crippen molar-refractivity contribution in [2.24, 2.45) is 0 Å². The standard InChI is InChI=1S/C15H20BrClN2O/c16-13-11-12(5-6-14(13)17)15(20)18-7-10-19-8-3-1-2-4-9-19/h5-6,11H,1-4,7-10H2,(H,18,20). The summed E-state index contributed by atoms with van der Waals surface area (Å²) in [6.45, 7) is 3.93. The van der Waals surface area contributed by atoms with Gasteiger partial charge in [0.25, 0.3) is 5.91 Å². The van der Waals surface area contributed by atoms with Crippen molar-refractivity contribution in [2.45, 2.75) is 25.7 Å². The molecular weight excluding hydrogens is 340 g/mol. The SMILES string of the molecule is O=C(NCCN1CCCCCC1)c1ccc(Cl)c(Br)c1. The zero-order chi connectivity index (χ0) is 14.4. The third-order valence-corrected chi connectivity index (χ3v) is 4.81. The zero-order valence-corrected chi connectivity index (χ0v) is 13.8. The Hall–Kier alpha value is -0.580. The number of hydrogen-bond donors (Lipinski definition) is 1. The molecule has 2 rings (SSSR count). The molecule has 0 saturated carbocycles. The lowest BCUT2D eigenvalue weighted by atomic mass is 10.2. The Morgan fingerprint density at radius 3 is 2.60 bits per heavy atom. The van der Waals surface area contributed by atoms with Gasteiger partial charge in [0, 0.05) is 23.1 Å². The van der Waals surface area contributed by atoms with Gasteiger partial charge in [-0.2, -0.15) is 0 Å². The Morgan fingerprint density at radius 1 is 1.25 bits per heavy atom. The third-order valence-electron chi connectivity index (χ3n) is 3.59. The van der Waals surface area contributed by atoms with Crippen molar-refractivity contribution in [3.8, 4) is 0 Å². The van der Waals surface area contributed by atoms with Gasteiger partial charge in [0.2, 0.25) is 0 Å². The van der Waals surface area contributed by atoms with E-state index in [4.69, 9.17) is 11.6 Å². The molecule has 1 amide bonds. The molecule has 0 aliphatic carbocycles. The van der Waals surface area contributed by atoms with Gasteiger partial charge in [0.15, 0.2) is 0 Å². The first-order valence-electron chi connectivity index (χ1n) is 7.12. The minimum atomic E-state index is -0.0443. The molecule has 1 fully saturated rings. The lowest BCUT2D eigenvalue weighted by molar-refractivity contribution is 0.0948. The van der Waals surface area contributed by atoms with Gasteiger partial charge in [-0.25, -0.2) is 0 Å². The van der Waals surface area contributed by atoms with Crippen LogP contribution in [0.1, 0.15) is 36.0 Å². The molecule has 1 heterocycles. The summed E-state index contributed by atoms with van der Waals surface area (Å²) in [6.07, 6.45) is 5.22. The average molecular weight is 360 g/mol. The molecular formula is C15H20BrClN2O. The van der Waals surface area contributed by atoms with Crippen molar-refractivity contribution in [3.63, 3.8) is 0 Å².